The lowest BCUT2D eigenvalue weighted by molar-refractivity contribution is 0.407. The molecular formula is C14H29N2P. The molecule has 2 nitrogen and oxygen atoms in total. The molecular weight excluding hydrogens is 227 g/mol. The van der Waals surface area contributed by atoms with Crippen LogP contribution in [-0.2, 0) is 0 Å². The Morgan fingerprint density at radius 1 is 1.12 bits per heavy atom. The molecule has 2 fully saturated rings. The fraction of sp³-hybridized carbons (Fsp3) is 1.00. The van der Waals surface area contributed by atoms with Crippen molar-refractivity contribution in [1.29, 1.82) is 0 Å². The molecule has 3 heteroatoms. The normalized spacial score (nSPS) is 39.8. The van der Waals surface area contributed by atoms with E-state index in [0.717, 1.165) is 11.3 Å². The van der Waals surface area contributed by atoms with Crippen LogP contribution in [-0.4, -0.2) is 35.1 Å². The van der Waals surface area contributed by atoms with E-state index in [4.69, 9.17) is 4.74 Å². The first kappa shape index (κ1) is 13.6. The van der Waals surface area contributed by atoms with Crippen LogP contribution < -0.4 is 0 Å². The Kier molecular flexibility index (Phi) is 3.77. The quantitative estimate of drug-likeness (QED) is 0.580. The van der Waals surface area contributed by atoms with Crippen LogP contribution in [0.5, 0.6) is 0 Å². The maximum Gasteiger partial charge on any atom is 0.0524 e. The first-order valence-electron chi connectivity index (χ1n) is 7.21. The van der Waals surface area contributed by atoms with Gasteiger partial charge in [0.2, 0.25) is 0 Å². The maximum absolute atomic E-state index is 5.42. The third-order valence-electron chi connectivity index (χ3n) is 4.37. The van der Waals surface area contributed by atoms with E-state index >= 15 is 0 Å². The van der Waals surface area contributed by atoms with Gasteiger partial charge in [-0.25, -0.2) is 0 Å². The minimum atomic E-state index is -1.24. The van der Waals surface area contributed by atoms with E-state index in [2.05, 4.69) is 39.4 Å². The largest absolute Gasteiger partial charge is 0.282 e. The highest BCUT2D eigenvalue weighted by Gasteiger charge is 2.44. The Bertz CT molecular complexity index is 310. The lowest BCUT2D eigenvalue weighted by atomic mass is 10.1. The molecule has 100 valence electrons. The molecule has 0 aromatic heterocycles. The van der Waals surface area contributed by atoms with Crippen molar-refractivity contribution in [3.8, 4) is 0 Å². The lowest BCUT2D eigenvalue weighted by Crippen LogP contribution is -2.38. The fourth-order valence-electron chi connectivity index (χ4n) is 3.79. The monoisotopic (exact) mass is 256 g/mol. The summed E-state index contributed by atoms with van der Waals surface area (Å²) in [6.45, 7) is 10.6. The van der Waals surface area contributed by atoms with Crippen LogP contribution in [0.25, 0.3) is 0 Å². The van der Waals surface area contributed by atoms with Gasteiger partial charge in [-0.1, -0.05) is 13.3 Å². The molecule has 0 aromatic rings. The maximum atomic E-state index is 5.42. The average Bonchev–Trinajstić information content (AvgIpc) is 2.20. The second-order valence-electron chi connectivity index (χ2n) is 6.93. The molecule has 0 bridgehead atoms. The Morgan fingerprint density at radius 2 is 1.76 bits per heavy atom. The standard InChI is InChI=1S/C14H29N2P/c1-12-8-6-9-13-10-7-11-16(5)17(12,13)15-14(2,3)4/h12-13H,6-11H2,1-5H3. The van der Waals surface area contributed by atoms with E-state index in [-0.39, 0.29) is 5.54 Å². The summed E-state index contributed by atoms with van der Waals surface area (Å²) < 4.78 is 8.10. The molecule has 0 aliphatic carbocycles. The predicted molar refractivity (Wildman–Crippen MR) is 78.1 cm³/mol. The summed E-state index contributed by atoms with van der Waals surface area (Å²) in [5.74, 6) is 0. The Morgan fingerprint density at radius 3 is 2.41 bits per heavy atom. The van der Waals surface area contributed by atoms with Gasteiger partial charge in [0.05, 0.1) is 5.54 Å². The molecule has 2 rings (SSSR count). The minimum Gasteiger partial charge on any atom is -0.282 e. The number of fused-ring (bicyclic) bond motifs is 1. The molecule has 2 aliphatic rings. The summed E-state index contributed by atoms with van der Waals surface area (Å²) in [6, 6.07) is 0. The second-order valence-corrected chi connectivity index (χ2v) is 10.8. The Labute approximate surface area is 107 Å². The van der Waals surface area contributed by atoms with E-state index in [9.17, 15) is 0 Å². The SMILES string of the molecule is CC1CCCC2CCCN(C)P12=NC(C)(C)C. The van der Waals surface area contributed by atoms with Crippen molar-refractivity contribution in [2.24, 2.45) is 4.74 Å². The Balaban J connectivity index is 2.49. The van der Waals surface area contributed by atoms with Gasteiger partial charge >= 0.3 is 0 Å². The van der Waals surface area contributed by atoms with Crippen molar-refractivity contribution in [3.63, 3.8) is 0 Å². The van der Waals surface area contributed by atoms with Gasteiger partial charge in [-0.05, 0) is 53.5 Å². The van der Waals surface area contributed by atoms with Gasteiger partial charge in [-0.3, -0.25) is 9.42 Å². The van der Waals surface area contributed by atoms with Crippen molar-refractivity contribution in [3.05, 3.63) is 0 Å². The number of hydrogen-bond donors (Lipinski definition) is 0. The van der Waals surface area contributed by atoms with Crippen LogP contribution in [0.2, 0.25) is 0 Å². The summed E-state index contributed by atoms with van der Waals surface area (Å²) in [5.41, 5.74) is 1.86. The van der Waals surface area contributed by atoms with Gasteiger partial charge < -0.3 is 0 Å². The molecule has 2 aliphatic heterocycles. The van der Waals surface area contributed by atoms with E-state index in [1.807, 2.05) is 0 Å². The second kappa shape index (κ2) is 4.70. The minimum absolute atomic E-state index is 0.128. The molecule has 17 heavy (non-hydrogen) atoms. The van der Waals surface area contributed by atoms with E-state index in [1.165, 1.54) is 38.6 Å². The van der Waals surface area contributed by atoms with Crippen LogP contribution in [0.4, 0.5) is 0 Å². The van der Waals surface area contributed by atoms with Crippen molar-refractivity contribution < 1.29 is 0 Å². The molecule has 0 N–H and O–H groups in total. The van der Waals surface area contributed by atoms with Crippen molar-refractivity contribution in [2.75, 3.05) is 13.6 Å². The summed E-state index contributed by atoms with van der Waals surface area (Å²) in [6.07, 6.45) is 7.08. The molecule has 3 atom stereocenters. The van der Waals surface area contributed by atoms with Crippen LogP contribution in [0.1, 0.15) is 59.8 Å². The molecule has 3 unspecified atom stereocenters. The van der Waals surface area contributed by atoms with E-state index in [1.54, 1.807) is 0 Å². The van der Waals surface area contributed by atoms with Gasteiger partial charge in [0.25, 0.3) is 0 Å². The van der Waals surface area contributed by atoms with Crippen LogP contribution in [0, 0.1) is 0 Å². The topological polar surface area (TPSA) is 15.6 Å². The van der Waals surface area contributed by atoms with Gasteiger partial charge in [0.15, 0.2) is 0 Å². The number of hydrogen-bond acceptors (Lipinski definition) is 1. The zero-order valence-electron chi connectivity index (χ0n) is 12.2. The summed E-state index contributed by atoms with van der Waals surface area (Å²) in [7, 11) is 1.10. The van der Waals surface area contributed by atoms with Crippen molar-refractivity contribution in [2.45, 2.75) is 76.7 Å². The molecule has 0 aromatic carbocycles. The number of nitrogens with zero attached hydrogens (tertiary/aromatic N) is 2. The first-order chi connectivity index (χ1) is 7.86. The lowest BCUT2D eigenvalue weighted by Gasteiger charge is -2.51. The number of rotatable bonds is 0. The molecule has 0 radical (unpaired) electrons. The van der Waals surface area contributed by atoms with Gasteiger partial charge in [0, 0.05) is 25.1 Å². The highest BCUT2D eigenvalue weighted by molar-refractivity contribution is 7.65. The molecule has 0 spiro atoms. The third-order valence-corrected chi connectivity index (χ3v) is 9.73. The van der Waals surface area contributed by atoms with Crippen LogP contribution >= 0.6 is 7.21 Å². The molecule has 0 amide bonds. The molecule has 2 heterocycles. The zero-order chi connectivity index (χ0) is 12.7. The summed E-state index contributed by atoms with van der Waals surface area (Å²) in [5, 5.41) is 0. The third kappa shape index (κ3) is 2.49. The van der Waals surface area contributed by atoms with E-state index < -0.39 is 7.21 Å². The Hall–Kier alpha value is 0.190. The zero-order valence-corrected chi connectivity index (χ0v) is 13.1. The van der Waals surface area contributed by atoms with E-state index in [0.29, 0.717) is 0 Å². The molecule has 2 saturated heterocycles. The average molecular weight is 256 g/mol. The van der Waals surface area contributed by atoms with Crippen LogP contribution in [0.3, 0.4) is 0 Å². The van der Waals surface area contributed by atoms with Gasteiger partial charge in [-0.2, -0.15) is 0 Å². The highest BCUT2D eigenvalue weighted by Crippen LogP contribution is 2.69. The first-order valence-corrected chi connectivity index (χ1v) is 9.04. The summed E-state index contributed by atoms with van der Waals surface area (Å²) >= 11 is 0. The van der Waals surface area contributed by atoms with Crippen LogP contribution in [0.15, 0.2) is 4.74 Å². The van der Waals surface area contributed by atoms with Gasteiger partial charge in [0.1, 0.15) is 0 Å². The van der Waals surface area contributed by atoms with Crippen molar-refractivity contribution in [1.82, 2.24) is 4.67 Å². The summed E-state index contributed by atoms with van der Waals surface area (Å²) in [4.78, 5) is 0. The van der Waals surface area contributed by atoms with Crippen molar-refractivity contribution >= 4 is 7.21 Å². The van der Waals surface area contributed by atoms with Gasteiger partial charge in [-0.15, -0.1) is 0 Å². The highest BCUT2D eigenvalue weighted by atomic mass is 31.2. The predicted octanol–water partition coefficient (Wildman–Crippen LogP) is 4.57. The fourth-order valence-corrected chi connectivity index (χ4v) is 9.37. The molecule has 0 saturated carbocycles. The smallest absolute Gasteiger partial charge is 0.0524 e.